The van der Waals surface area contributed by atoms with Crippen LogP contribution in [0.3, 0.4) is 0 Å². The number of halogens is 4. The molecule has 1 heterocycles. The van der Waals surface area contributed by atoms with Crippen LogP contribution in [0.5, 0.6) is 0 Å². The van der Waals surface area contributed by atoms with Crippen LogP contribution in [0.1, 0.15) is 27.0 Å². The standard InChI is InChI=1S/C31H22ClF3N2O2/c1-19-6-5-7-20(16-19)18-37-26-15-12-23(32)17-25(26)27(21-8-3-2-4-9-21)28(30(37)39)29(38)36-24-13-10-22(11-14-24)31(33,34)35/h2-17H,18H2,1H3,(H,36,38). The van der Waals surface area contributed by atoms with Crippen LogP contribution in [0.15, 0.2) is 102 Å². The van der Waals surface area contributed by atoms with Gasteiger partial charge in [-0.15, -0.1) is 0 Å². The molecule has 196 valence electrons. The molecule has 0 fully saturated rings. The van der Waals surface area contributed by atoms with Crippen molar-refractivity contribution in [3.63, 3.8) is 0 Å². The summed E-state index contributed by atoms with van der Waals surface area (Å²) in [4.78, 5) is 27.8. The predicted molar refractivity (Wildman–Crippen MR) is 148 cm³/mol. The van der Waals surface area contributed by atoms with Gasteiger partial charge in [0.25, 0.3) is 11.5 Å². The molecule has 4 aromatic carbocycles. The highest BCUT2D eigenvalue weighted by atomic mass is 35.5. The molecule has 0 atom stereocenters. The van der Waals surface area contributed by atoms with E-state index in [1.807, 2.05) is 37.3 Å². The molecule has 0 aliphatic heterocycles. The van der Waals surface area contributed by atoms with Gasteiger partial charge in [0, 0.05) is 21.7 Å². The molecule has 0 radical (unpaired) electrons. The minimum Gasteiger partial charge on any atom is -0.322 e. The van der Waals surface area contributed by atoms with Crippen molar-refractivity contribution in [2.75, 3.05) is 5.32 Å². The molecule has 1 N–H and O–H groups in total. The van der Waals surface area contributed by atoms with Gasteiger partial charge < -0.3 is 9.88 Å². The van der Waals surface area contributed by atoms with Crippen molar-refractivity contribution in [1.82, 2.24) is 4.57 Å². The third-order valence-electron chi connectivity index (χ3n) is 6.41. The first-order valence-corrected chi connectivity index (χ1v) is 12.5. The first kappa shape index (κ1) is 26.3. The van der Waals surface area contributed by atoms with Gasteiger partial charge in [-0.25, -0.2) is 0 Å². The summed E-state index contributed by atoms with van der Waals surface area (Å²) in [7, 11) is 0. The summed E-state index contributed by atoms with van der Waals surface area (Å²) >= 11 is 6.38. The fraction of sp³-hybridized carbons (Fsp3) is 0.0968. The van der Waals surface area contributed by atoms with Gasteiger partial charge in [-0.3, -0.25) is 9.59 Å². The number of carbonyl (C=O) groups excluding carboxylic acids is 1. The lowest BCUT2D eigenvalue weighted by molar-refractivity contribution is -0.137. The van der Waals surface area contributed by atoms with Crippen molar-refractivity contribution in [3.05, 3.63) is 135 Å². The maximum atomic E-state index is 14.1. The lowest BCUT2D eigenvalue weighted by Gasteiger charge is -2.19. The number of hydrogen-bond donors (Lipinski definition) is 1. The Morgan fingerprint density at radius 3 is 2.28 bits per heavy atom. The zero-order chi connectivity index (χ0) is 27.7. The number of amides is 1. The van der Waals surface area contributed by atoms with Crippen LogP contribution in [0, 0.1) is 6.92 Å². The molecule has 1 aromatic heterocycles. The quantitative estimate of drug-likeness (QED) is 0.243. The molecule has 0 spiro atoms. The lowest BCUT2D eigenvalue weighted by atomic mass is 9.95. The number of aromatic nitrogens is 1. The number of rotatable bonds is 5. The number of alkyl halides is 3. The zero-order valence-corrected chi connectivity index (χ0v) is 21.5. The maximum absolute atomic E-state index is 14.1. The highest BCUT2D eigenvalue weighted by Crippen LogP contribution is 2.34. The van der Waals surface area contributed by atoms with Crippen LogP contribution in [0.2, 0.25) is 5.02 Å². The second-order valence-corrected chi connectivity index (χ2v) is 9.62. The van der Waals surface area contributed by atoms with Crippen molar-refractivity contribution in [3.8, 4) is 11.1 Å². The Labute approximate surface area is 227 Å². The van der Waals surface area contributed by atoms with E-state index in [0.29, 0.717) is 27.1 Å². The number of pyridine rings is 1. The van der Waals surface area contributed by atoms with Gasteiger partial charge in [0.15, 0.2) is 0 Å². The second-order valence-electron chi connectivity index (χ2n) is 9.19. The molecule has 4 nitrogen and oxygen atoms in total. The Hall–Kier alpha value is -4.36. The molecule has 0 aliphatic rings. The highest BCUT2D eigenvalue weighted by molar-refractivity contribution is 6.31. The monoisotopic (exact) mass is 546 g/mol. The summed E-state index contributed by atoms with van der Waals surface area (Å²) in [5.74, 6) is -0.738. The fourth-order valence-electron chi connectivity index (χ4n) is 4.63. The summed E-state index contributed by atoms with van der Waals surface area (Å²) in [6.45, 7) is 2.15. The minimum atomic E-state index is -4.51. The van der Waals surface area contributed by atoms with Crippen LogP contribution in [0.25, 0.3) is 22.0 Å². The molecule has 0 unspecified atom stereocenters. The van der Waals surface area contributed by atoms with Crippen molar-refractivity contribution >= 4 is 34.1 Å². The molecule has 0 saturated heterocycles. The molecule has 39 heavy (non-hydrogen) atoms. The molecule has 8 heteroatoms. The Morgan fingerprint density at radius 1 is 0.897 bits per heavy atom. The Kier molecular flexibility index (Phi) is 7.02. The highest BCUT2D eigenvalue weighted by Gasteiger charge is 2.30. The first-order chi connectivity index (χ1) is 18.6. The van der Waals surface area contributed by atoms with Gasteiger partial charge in [0.05, 0.1) is 17.6 Å². The summed E-state index contributed by atoms with van der Waals surface area (Å²) in [5.41, 5.74) is 2.12. The number of carbonyl (C=O) groups is 1. The molecule has 1 amide bonds. The van der Waals surface area contributed by atoms with Crippen LogP contribution >= 0.6 is 11.6 Å². The second kappa shape index (κ2) is 10.4. The zero-order valence-electron chi connectivity index (χ0n) is 20.7. The van der Waals surface area contributed by atoms with E-state index in [1.165, 1.54) is 4.57 Å². The molecule has 0 bridgehead atoms. The number of hydrogen-bond acceptors (Lipinski definition) is 2. The van der Waals surface area contributed by atoms with E-state index in [1.54, 1.807) is 42.5 Å². The summed E-state index contributed by atoms with van der Waals surface area (Å²) in [6.07, 6.45) is -4.51. The van der Waals surface area contributed by atoms with E-state index >= 15 is 0 Å². The summed E-state index contributed by atoms with van der Waals surface area (Å²) in [6, 6.07) is 25.9. The Balaban J connectivity index is 1.72. The summed E-state index contributed by atoms with van der Waals surface area (Å²) in [5, 5.41) is 3.64. The van der Waals surface area contributed by atoms with Gasteiger partial charge in [-0.2, -0.15) is 13.2 Å². The van der Waals surface area contributed by atoms with Crippen molar-refractivity contribution in [2.45, 2.75) is 19.6 Å². The average molecular weight is 547 g/mol. The molecular formula is C31H22ClF3N2O2. The minimum absolute atomic E-state index is 0.128. The van der Waals surface area contributed by atoms with Gasteiger partial charge in [0.2, 0.25) is 0 Å². The van der Waals surface area contributed by atoms with E-state index in [0.717, 1.165) is 35.4 Å². The van der Waals surface area contributed by atoms with Gasteiger partial charge in [-0.05, 0) is 60.5 Å². The van der Waals surface area contributed by atoms with Crippen LogP contribution in [0.4, 0.5) is 18.9 Å². The van der Waals surface area contributed by atoms with E-state index < -0.39 is 23.2 Å². The van der Waals surface area contributed by atoms with Crippen LogP contribution in [-0.2, 0) is 12.7 Å². The van der Waals surface area contributed by atoms with E-state index in [9.17, 15) is 22.8 Å². The Morgan fingerprint density at radius 2 is 1.62 bits per heavy atom. The van der Waals surface area contributed by atoms with Crippen molar-refractivity contribution in [2.24, 2.45) is 0 Å². The number of nitrogens with zero attached hydrogens (tertiary/aromatic N) is 1. The average Bonchev–Trinajstić information content (AvgIpc) is 2.90. The Bertz CT molecular complexity index is 1750. The topological polar surface area (TPSA) is 51.1 Å². The first-order valence-electron chi connectivity index (χ1n) is 12.1. The van der Waals surface area contributed by atoms with Gasteiger partial charge >= 0.3 is 6.18 Å². The van der Waals surface area contributed by atoms with Gasteiger partial charge in [-0.1, -0.05) is 71.8 Å². The summed E-state index contributed by atoms with van der Waals surface area (Å²) < 4.78 is 40.6. The number of benzene rings is 4. The SMILES string of the molecule is Cc1cccc(Cn2c(=O)c(C(=O)Nc3ccc(C(F)(F)F)cc3)c(-c3ccccc3)c3cc(Cl)ccc32)c1. The van der Waals surface area contributed by atoms with Gasteiger partial charge in [0.1, 0.15) is 5.56 Å². The maximum Gasteiger partial charge on any atom is 0.416 e. The number of nitrogens with one attached hydrogen (secondary N) is 1. The lowest BCUT2D eigenvalue weighted by Crippen LogP contribution is -2.31. The number of anilines is 1. The van der Waals surface area contributed by atoms with E-state index in [-0.39, 0.29) is 17.8 Å². The third-order valence-corrected chi connectivity index (χ3v) is 6.65. The molecule has 5 aromatic rings. The third kappa shape index (κ3) is 5.45. The molecular weight excluding hydrogens is 525 g/mol. The molecule has 0 aliphatic carbocycles. The smallest absolute Gasteiger partial charge is 0.322 e. The number of fused-ring (bicyclic) bond motifs is 1. The number of aryl methyl sites for hydroxylation is 1. The van der Waals surface area contributed by atoms with Crippen LogP contribution < -0.4 is 10.9 Å². The predicted octanol–water partition coefficient (Wildman–Crippen LogP) is 7.95. The van der Waals surface area contributed by atoms with E-state index in [4.69, 9.17) is 11.6 Å². The molecule has 0 saturated carbocycles. The van der Waals surface area contributed by atoms with Crippen molar-refractivity contribution in [1.29, 1.82) is 0 Å². The van der Waals surface area contributed by atoms with Crippen LogP contribution in [-0.4, -0.2) is 10.5 Å². The van der Waals surface area contributed by atoms with E-state index in [2.05, 4.69) is 5.32 Å². The largest absolute Gasteiger partial charge is 0.416 e. The van der Waals surface area contributed by atoms with Crippen molar-refractivity contribution < 1.29 is 18.0 Å². The fourth-order valence-corrected chi connectivity index (χ4v) is 4.80. The molecule has 5 rings (SSSR count). The normalized spacial score (nSPS) is 11.5.